The Balaban J connectivity index is 1.32. The van der Waals surface area contributed by atoms with E-state index in [0.717, 1.165) is 5.56 Å². The number of rotatable bonds is 9. The van der Waals surface area contributed by atoms with Crippen LogP contribution < -0.4 is 15.4 Å². The van der Waals surface area contributed by atoms with Gasteiger partial charge in [-0.3, -0.25) is 9.59 Å². The van der Waals surface area contributed by atoms with Gasteiger partial charge >= 0.3 is 0 Å². The van der Waals surface area contributed by atoms with Crippen LogP contribution in [0.2, 0.25) is 5.02 Å². The van der Waals surface area contributed by atoms with Gasteiger partial charge in [0.15, 0.2) is 0 Å². The number of hydrogen-bond donors (Lipinski definition) is 2. The van der Waals surface area contributed by atoms with Crippen molar-refractivity contribution >= 4 is 34.8 Å². The number of aromatic nitrogens is 2. The molecular weight excluding hydrogens is 468 g/mol. The number of benzene rings is 3. The summed E-state index contributed by atoms with van der Waals surface area (Å²) in [5.74, 6) is 0.989. The molecule has 0 atom stereocenters. The van der Waals surface area contributed by atoms with Crippen molar-refractivity contribution in [2.45, 2.75) is 19.3 Å². The third-order valence-electron chi connectivity index (χ3n) is 5.14. The average molecular weight is 491 g/mol. The van der Waals surface area contributed by atoms with Crippen LogP contribution in [-0.2, 0) is 11.2 Å². The molecule has 2 amide bonds. The maximum Gasteiger partial charge on any atom is 0.257 e. The molecule has 0 radical (unpaired) electrons. The van der Waals surface area contributed by atoms with Crippen molar-refractivity contribution in [3.8, 4) is 17.1 Å². The molecule has 0 unspecified atom stereocenters. The molecule has 0 bridgehead atoms. The summed E-state index contributed by atoms with van der Waals surface area (Å²) in [6, 6.07) is 21.0. The number of carbonyl (C=O) groups excluding carboxylic acids is 2. The molecule has 0 saturated carbocycles. The number of carbonyl (C=O) groups is 2. The molecule has 1 aromatic heterocycles. The van der Waals surface area contributed by atoms with Crippen molar-refractivity contribution in [3.05, 3.63) is 89.3 Å². The highest BCUT2D eigenvalue weighted by atomic mass is 35.5. The molecule has 9 heteroatoms. The predicted octanol–water partition coefficient (Wildman–Crippen LogP) is 5.61. The van der Waals surface area contributed by atoms with Gasteiger partial charge < -0.3 is 19.9 Å². The van der Waals surface area contributed by atoms with E-state index in [2.05, 4.69) is 20.8 Å². The third-order valence-corrected chi connectivity index (χ3v) is 5.39. The molecule has 178 valence electrons. The lowest BCUT2D eigenvalue weighted by Gasteiger charge is -2.12. The maximum absolute atomic E-state index is 12.8. The molecule has 4 rings (SSSR count). The number of methoxy groups -OCH3 is 1. The second-order valence-electron chi connectivity index (χ2n) is 7.65. The Morgan fingerprint density at radius 1 is 1.00 bits per heavy atom. The number of amides is 2. The fraction of sp³-hybridized carbons (Fsp3) is 0.154. The molecule has 35 heavy (non-hydrogen) atoms. The van der Waals surface area contributed by atoms with Gasteiger partial charge in [-0.1, -0.05) is 35.0 Å². The van der Waals surface area contributed by atoms with Crippen molar-refractivity contribution in [2.75, 3.05) is 17.7 Å². The van der Waals surface area contributed by atoms with Crippen LogP contribution in [-0.4, -0.2) is 29.1 Å². The molecule has 0 aliphatic heterocycles. The minimum Gasteiger partial charge on any atom is -0.497 e. The monoisotopic (exact) mass is 490 g/mol. The van der Waals surface area contributed by atoms with Crippen molar-refractivity contribution in [1.29, 1.82) is 0 Å². The number of ether oxygens (including phenoxy) is 1. The van der Waals surface area contributed by atoms with Crippen LogP contribution in [0.4, 0.5) is 11.4 Å². The van der Waals surface area contributed by atoms with Crippen LogP contribution in [0.25, 0.3) is 11.4 Å². The van der Waals surface area contributed by atoms with Gasteiger partial charge in [-0.15, -0.1) is 0 Å². The summed E-state index contributed by atoms with van der Waals surface area (Å²) in [6.07, 6.45) is 1.18. The van der Waals surface area contributed by atoms with E-state index in [4.69, 9.17) is 20.9 Å². The van der Waals surface area contributed by atoms with Crippen molar-refractivity contribution < 1.29 is 18.8 Å². The number of nitrogens with zero attached hydrogens (tertiary/aromatic N) is 2. The Bertz CT molecular complexity index is 1320. The van der Waals surface area contributed by atoms with Gasteiger partial charge in [0.1, 0.15) is 5.75 Å². The van der Waals surface area contributed by atoms with Crippen LogP contribution in [0.3, 0.4) is 0 Å². The number of nitrogens with one attached hydrogen (secondary N) is 2. The quantitative estimate of drug-likeness (QED) is 0.316. The van der Waals surface area contributed by atoms with Crippen molar-refractivity contribution in [2.24, 2.45) is 0 Å². The molecular formula is C26H23ClN4O4. The number of hydrogen-bond acceptors (Lipinski definition) is 6. The Labute approximate surface area is 207 Å². The number of para-hydroxylation sites is 1. The Kier molecular flexibility index (Phi) is 7.74. The summed E-state index contributed by atoms with van der Waals surface area (Å²) in [5.41, 5.74) is 2.17. The summed E-state index contributed by atoms with van der Waals surface area (Å²) in [5, 5.41) is 10.2. The summed E-state index contributed by atoms with van der Waals surface area (Å²) in [4.78, 5) is 29.7. The SMILES string of the molecule is COc1cccc(NC(=O)c2ccccc2NC(=O)CCCc2nc(-c3ccc(Cl)cc3)no2)c1. The largest absolute Gasteiger partial charge is 0.497 e. The van der Waals surface area contributed by atoms with Crippen molar-refractivity contribution in [3.63, 3.8) is 0 Å². The molecule has 8 nitrogen and oxygen atoms in total. The van der Waals surface area contributed by atoms with E-state index in [1.54, 1.807) is 67.8 Å². The molecule has 2 N–H and O–H groups in total. The van der Waals surface area contributed by atoms with Crippen LogP contribution in [0.1, 0.15) is 29.1 Å². The van der Waals surface area contributed by atoms with Gasteiger partial charge in [0.05, 0.1) is 18.4 Å². The topological polar surface area (TPSA) is 106 Å². The van der Waals surface area contributed by atoms with Gasteiger partial charge in [0.2, 0.25) is 17.6 Å². The summed E-state index contributed by atoms with van der Waals surface area (Å²) < 4.78 is 10.5. The fourth-order valence-corrected chi connectivity index (χ4v) is 3.50. The van der Waals surface area contributed by atoms with E-state index in [1.165, 1.54) is 0 Å². The van der Waals surface area contributed by atoms with Gasteiger partial charge in [0.25, 0.3) is 5.91 Å². The zero-order chi connectivity index (χ0) is 24.6. The van der Waals surface area contributed by atoms with Crippen molar-refractivity contribution in [1.82, 2.24) is 10.1 Å². The number of halogens is 1. The van der Waals surface area contributed by atoms with E-state index >= 15 is 0 Å². The lowest BCUT2D eigenvalue weighted by molar-refractivity contribution is -0.116. The highest BCUT2D eigenvalue weighted by Crippen LogP contribution is 2.22. The Morgan fingerprint density at radius 3 is 2.60 bits per heavy atom. The molecule has 0 aliphatic rings. The molecule has 3 aromatic carbocycles. The van der Waals surface area contributed by atoms with Crippen LogP contribution in [0.5, 0.6) is 5.75 Å². The number of aryl methyl sites for hydroxylation is 1. The number of anilines is 2. The molecule has 4 aromatic rings. The van der Waals surface area contributed by atoms with E-state index in [9.17, 15) is 9.59 Å². The molecule has 0 aliphatic carbocycles. The summed E-state index contributed by atoms with van der Waals surface area (Å²) >= 11 is 5.91. The molecule has 0 spiro atoms. The first-order valence-electron chi connectivity index (χ1n) is 10.9. The van der Waals surface area contributed by atoms with Gasteiger partial charge in [-0.25, -0.2) is 0 Å². The maximum atomic E-state index is 12.8. The molecule has 1 heterocycles. The second kappa shape index (κ2) is 11.3. The minimum atomic E-state index is -0.338. The van der Waals surface area contributed by atoms with E-state index in [0.29, 0.717) is 52.3 Å². The highest BCUT2D eigenvalue weighted by molar-refractivity contribution is 6.30. The standard InChI is InChI=1S/C26H23ClN4O4/c1-34-20-7-4-6-19(16-20)28-26(33)21-8-2-3-9-22(21)29-23(32)10-5-11-24-30-25(31-35-24)17-12-14-18(27)15-13-17/h2-4,6-9,12-16H,5,10-11H2,1H3,(H,28,33)(H,29,32). The first kappa shape index (κ1) is 24.0. The van der Waals surface area contributed by atoms with Crippen LogP contribution >= 0.6 is 11.6 Å². The molecule has 0 fully saturated rings. The van der Waals surface area contributed by atoms with E-state index in [1.807, 2.05) is 12.1 Å². The summed E-state index contributed by atoms with van der Waals surface area (Å²) in [6.45, 7) is 0. The van der Waals surface area contributed by atoms with Gasteiger partial charge in [-0.05, 0) is 55.0 Å². The zero-order valence-corrected chi connectivity index (χ0v) is 19.7. The highest BCUT2D eigenvalue weighted by Gasteiger charge is 2.14. The predicted molar refractivity (Wildman–Crippen MR) is 134 cm³/mol. The smallest absolute Gasteiger partial charge is 0.257 e. The summed E-state index contributed by atoms with van der Waals surface area (Å²) in [7, 11) is 1.56. The Hall–Kier alpha value is -4.17. The Morgan fingerprint density at radius 2 is 1.80 bits per heavy atom. The van der Waals surface area contributed by atoms with E-state index in [-0.39, 0.29) is 18.2 Å². The van der Waals surface area contributed by atoms with Crippen LogP contribution in [0, 0.1) is 0 Å². The second-order valence-corrected chi connectivity index (χ2v) is 8.09. The van der Waals surface area contributed by atoms with Gasteiger partial charge in [0, 0.05) is 35.2 Å². The minimum absolute atomic E-state index is 0.218. The van der Waals surface area contributed by atoms with Crippen LogP contribution in [0.15, 0.2) is 77.3 Å². The normalized spacial score (nSPS) is 10.6. The third kappa shape index (κ3) is 6.45. The lowest BCUT2D eigenvalue weighted by atomic mass is 10.1. The fourth-order valence-electron chi connectivity index (χ4n) is 3.37. The first-order chi connectivity index (χ1) is 17.0. The van der Waals surface area contributed by atoms with E-state index < -0.39 is 0 Å². The van der Waals surface area contributed by atoms with Gasteiger partial charge in [-0.2, -0.15) is 4.98 Å². The molecule has 0 saturated heterocycles. The lowest BCUT2D eigenvalue weighted by Crippen LogP contribution is -2.18. The average Bonchev–Trinajstić information content (AvgIpc) is 3.34. The first-order valence-corrected chi connectivity index (χ1v) is 11.3. The zero-order valence-electron chi connectivity index (χ0n) is 19.0.